The van der Waals surface area contributed by atoms with Gasteiger partial charge in [0, 0.05) is 25.0 Å². The van der Waals surface area contributed by atoms with Crippen LogP contribution in [0.5, 0.6) is 5.75 Å². The number of aromatic nitrogens is 2. The van der Waals surface area contributed by atoms with Crippen molar-refractivity contribution in [1.29, 1.82) is 0 Å². The Morgan fingerprint density at radius 1 is 1.27 bits per heavy atom. The van der Waals surface area contributed by atoms with Crippen molar-refractivity contribution in [3.63, 3.8) is 0 Å². The first kappa shape index (κ1) is 23.4. The van der Waals surface area contributed by atoms with Gasteiger partial charge in [0.15, 0.2) is 5.89 Å². The van der Waals surface area contributed by atoms with E-state index in [1.807, 2.05) is 31.2 Å². The molecule has 0 spiro atoms. The minimum atomic E-state index is -0.918. The molecule has 0 saturated heterocycles. The molecule has 1 aliphatic rings. The maximum Gasteiger partial charge on any atom is 0.327 e. The molecule has 4 rings (SSSR count). The van der Waals surface area contributed by atoms with Crippen molar-refractivity contribution in [2.45, 2.75) is 64.3 Å². The number of carboxylic acids is 1. The van der Waals surface area contributed by atoms with Gasteiger partial charge in [0.05, 0.1) is 12.3 Å². The Bertz CT molecular complexity index is 1070. The minimum Gasteiger partial charge on any atom is -0.493 e. The molecule has 1 aromatic carbocycles. The molecule has 1 saturated carbocycles. The van der Waals surface area contributed by atoms with Gasteiger partial charge < -0.3 is 18.8 Å². The smallest absolute Gasteiger partial charge is 0.327 e. The molecule has 176 valence electrons. The van der Waals surface area contributed by atoms with Crippen LogP contribution < -0.4 is 4.74 Å². The average Bonchev–Trinajstić information content (AvgIpc) is 3.38. The lowest BCUT2D eigenvalue weighted by molar-refractivity contribution is -0.140. The Kier molecular flexibility index (Phi) is 7.43. The number of carbonyl (C=O) groups is 1. The molecule has 33 heavy (non-hydrogen) atoms. The largest absolute Gasteiger partial charge is 0.493 e. The molecule has 0 amide bonds. The SMILES string of the molecule is Cc1oc(C2CCCCC2C)nc1CCOc1ccc(C[C@@H](C(=O)O)n2cccc2Cl)cc1. The van der Waals surface area contributed by atoms with Crippen molar-refractivity contribution in [1.82, 2.24) is 9.55 Å². The average molecular weight is 471 g/mol. The Morgan fingerprint density at radius 2 is 2.03 bits per heavy atom. The first-order valence-corrected chi connectivity index (χ1v) is 12.0. The summed E-state index contributed by atoms with van der Waals surface area (Å²) in [7, 11) is 0. The lowest BCUT2D eigenvalue weighted by Crippen LogP contribution is -2.20. The van der Waals surface area contributed by atoms with Crippen LogP contribution in [0.4, 0.5) is 0 Å². The van der Waals surface area contributed by atoms with Crippen LogP contribution in [0.2, 0.25) is 5.15 Å². The molecule has 1 N–H and O–H groups in total. The van der Waals surface area contributed by atoms with Gasteiger partial charge in [-0.25, -0.2) is 9.78 Å². The van der Waals surface area contributed by atoms with Crippen LogP contribution >= 0.6 is 11.6 Å². The maximum absolute atomic E-state index is 11.7. The molecule has 7 heteroatoms. The van der Waals surface area contributed by atoms with E-state index in [2.05, 4.69) is 6.92 Å². The fraction of sp³-hybridized carbons (Fsp3) is 0.462. The van der Waals surface area contributed by atoms with Crippen molar-refractivity contribution in [2.24, 2.45) is 5.92 Å². The second-order valence-electron chi connectivity index (χ2n) is 8.96. The van der Waals surface area contributed by atoms with Crippen molar-refractivity contribution < 1.29 is 19.1 Å². The molecule has 0 radical (unpaired) electrons. The molecule has 3 atom stereocenters. The van der Waals surface area contributed by atoms with Crippen LogP contribution in [0.25, 0.3) is 0 Å². The van der Waals surface area contributed by atoms with Crippen molar-refractivity contribution in [2.75, 3.05) is 6.61 Å². The highest BCUT2D eigenvalue weighted by molar-refractivity contribution is 6.29. The second kappa shape index (κ2) is 10.5. The third-order valence-corrected chi connectivity index (χ3v) is 6.97. The standard InChI is InChI=1S/C26H31ClN2O4/c1-17-6-3-4-7-21(17)25-28-22(18(2)33-25)13-15-32-20-11-9-19(10-12-20)16-23(26(30)31)29-14-5-8-24(29)27/h5,8-12,14,17,21,23H,3-4,6-7,13,15-16H2,1-2H3,(H,30,31)/t17?,21?,23-/m0/s1. The van der Waals surface area contributed by atoms with E-state index in [1.165, 1.54) is 19.3 Å². The van der Waals surface area contributed by atoms with Gasteiger partial charge in [-0.1, -0.05) is 43.5 Å². The van der Waals surface area contributed by atoms with E-state index in [4.69, 9.17) is 25.7 Å². The van der Waals surface area contributed by atoms with Gasteiger partial charge in [0.25, 0.3) is 0 Å². The van der Waals surface area contributed by atoms with Gasteiger partial charge in [0.1, 0.15) is 22.7 Å². The second-order valence-corrected chi connectivity index (χ2v) is 9.35. The molecule has 6 nitrogen and oxygen atoms in total. The van der Waals surface area contributed by atoms with Crippen LogP contribution in [0.15, 0.2) is 47.0 Å². The first-order chi connectivity index (χ1) is 15.9. The number of aryl methyl sites for hydroxylation is 1. The summed E-state index contributed by atoms with van der Waals surface area (Å²) in [5.41, 5.74) is 1.87. The van der Waals surface area contributed by atoms with Crippen LogP contribution in [-0.4, -0.2) is 27.2 Å². The summed E-state index contributed by atoms with van der Waals surface area (Å²) in [4.78, 5) is 16.5. The van der Waals surface area contributed by atoms with Crippen molar-refractivity contribution in [3.8, 4) is 5.75 Å². The molecule has 1 fully saturated rings. The van der Waals surface area contributed by atoms with Crippen LogP contribution in [0.3, 0.4) is 0 Å². The van der Waals surface area contributed by atoms with Gasteiger partial charge in [-0.3, -0.25) is 0 Å². The normalized spacial score (nSPS) is 19.4. The third kappa shape index (κ3) is 5.61. The third-order valence-electron chi connectivity index (χ3n) is 6.65. The number of carboxylic acid groups (broad SMARTS) is 1. The zero-order valence-electron chi connectivity index (χ0n) is 19.2. The van der Waals surface area contributed by atoms with Gasteiger partial charge in [-0.2, -0.15) is 0 Å². The van der Waals surface area contributed by atoms with Crippen LogP contribution in [0.1, 0.15) is 67.5 Å². The Morgan fingerprint density at radius 3 is 2.70 bits per heavy atom. The van der Waals surface area contributed by atoms with E-state index < -0.39 is 12.0 Å². The fourth-order valence-electron chi connectivity index (χ4n) is 4.66. The van der Waals surface area contributed by atoms with Crippen molar-refractivity contribution >= 4 is 17.6 Å². The number of nitrogens with zero attached hydrogens (tertiary/aromatic N) is 2. The summed E-state index contributed by atoms with van der Waals surface area (Å²) in [5, 5.41) is 10.0. The molecule has 2 aromatic heterocycles. The van der Waals surface area contributed by atoms with Gasteiger partial charge in [-0.15, -0.1) is 0 Å². The number of ether oxygens (including phenoxy) is 1. The number of hydrogen-bond donors (Lipinski definition) is 1. The van der Waals surface area contributed by atoms with Crippen molar-refractivity contribution in [3.05, 3.63) is 70.7 Å². The van der Waals surface area contributed by atoms with Crippen LogP contribution in [-0.2, 0) is 17.6 Å². The molecule has 0 aliphatic heterocycles. The molecule has 2 heterocycles. The summed E-state index contributed by atoms with van der Waals surface area (Å²) in [6, 6.07) is 10.2. The summed E-state index contributed by atoms with van der Waals surface area (Å²) >= 11 is 6.11. The summed E-state index contributed by atoms with van der Waals surface area (Å²) in [6.45, 7) is 4.77. The van der Waals surface area contributed by atoms with E-state index in [0.717, 1.165) is 35.1 Å². The van der Waals surface area contributed by atoms with Gasteiger partial charge >= 0.3 is 5.97 Å². The van der Waals surface area contributed by atoms with Gasteiger partial charge in [-0.05, 0) is 55.5 Å². The molecule has 3 aromatic rings. The topological polar surface area (TPSA) is 77.5 Å². The highest BCUT2D eigenvalue weighted by Crippen LogP contribution is 2.37. The predicted molar refractivity (Wildman–Crippen MR) is 127 cm³/mol. The van der Waals surface area contributed by atoms with Crippen LogP contribution in [0, 0.1) is 12.8 Å². The Balaban J connectivity index is 1.32. The molecule has 1 aliphatic carbocycles. The summed E-state index contributed by atoms with van der Waals surface area (Å²) in [5.74, 6) is 2.63. The highest BCUT2D eigenvalue weighted by atomic mass is 35.5. The van der Waals surface area contributed by atoms with Gasteiger partial charge in [0.2, 0.25) is 0 Å². The lowest BCUT2D eigenvalue weighted by atomic mass is 9.80. The fourth-order valence-corrected chi connectivity index (χ4v) is 4.91. The number of aliphatic carboxylic acids is 1. The van der Waals surface area contributed by atoms with E-state index >= 15 is 0 Å². The Hall–Kier alpha value is -2.73. The number of benzene rings is 1. The predicted octanol–water partition coefficient (Wildman–Crippen LogP) is 6.22. The summed E-state index contributed by atoms with van der Waals surface area (Å²) in [6.07, 6.45) is 7.65. The zero-order valence-corrected chi connectivity index (χ0v) is 19.9. The first-order valence-electron chi connectivity index (χ1n) is 11.7. The summed E-state index contributed by atoms with van der Waals surface area (Å²) < 4.78 is 13.5. The maximum atomic E-state index is 11.7. The number of oxazole rings is 1. The van der Waals surface area contributed by atoms with E-state index in [9.17, 15) is 9.90 Å². The molecule has 2 unspecified atom stereocenters. The van der Waals surface area contributed by atoms with E-state index in [0.29, 0.717) is 36.4 Å². The quantitative estimate of drug-likeness (QED) is 0.401. The number of halogens is 1. The zero-order chi connectivity index (χ0) is 23.4. The minimum absolute atomic E-state index is 0.338. The molecule has 0 bridgehead atoms. The monoisotopic (exact) mass is 470 g/mol. The highest BCUT2D eigenvalue weighted by Gasteiger charge is 2.28. The Labute approximate surface area is 199 Å². The number of rotatable bonds is 9. The molecular formula is C26H31ClN2O4. The van der Waals surface area contributed by atoms with E-state index in [-0.39, 0.29) is 0 Å². The van der Waals surface area contributed by atoms with E-state index in [1.54, 1.807) is 22.9 Å². The number of hydrogen-bond acceptors (Lipinski definition) is 4. The lowest BCUT2D eigenvalue weighted by Gasteiger charge is -2.25. The molecular weight excluding hydrogens is 440 g/mol.